The lowest BCUT2D eigenvalue weighted by atomic mass is 10.0. The second-order valence-electron chi connectivity index (χ2n) is 9.30. The van der Waals surface area contributed by atoms with Crippen LogP contribution in [-0.2, 0) is 13.1 Å². The van der Waals surface area contributed by atoms with Crippen molar-refractivity contribution in [2.24, 2.45) is 0 Å². The first-order valence-electron chi connectivity index (χ1n) is 12.0. The number of fused-ring (bicyclic) bond motifs is 2. The molecule has 0 unspecified atom stereocenters. The maximum absolute atomic E-state index is 13.1. The first kappa shape index (κ1) is 23.9. The van der Waals surface area contributed by atoms with Crippen molar-refractivity contribution in [3.8, 4) is 11.5 Å². The Labute approximate surface area is 215 Å². The molecule has 0 spiro atoms. The number of pyridine rings is 1. The molecule has 6 nitrogen and oxygen atoms in total. The average Bonchev–Trinajstić information content (AvgIpc) is 3.33. The number of benzene rings is 3. The molecule has 7 heteroatoms. The number of thiocarbonyl (C=S) groups is 1. The monoisotopic (exact) mass is 499 g/mol. The summed E-state index contributed by atoms with van der Waals surface area (Å²) in [4.78, 5) is 18.2. The summed E-state index contributed by atoms with van der Waals surface area (Å²) in [6.45, 7) is 7.25. The lowest BCUT2D eigenvalue weighted by molar-refractivity contribution is 0.174. The second-order valence-corrected chi connectivity index (χ2v) is 9.68. The summed E-state index contributed by atoms with van der Waals surface area (Å²) in [6, 6.07) is 22.2. The SMILES string of the molecule is Cc1cc(C)c2[nH]c(=O)c(CN(Cc3ccc4c(c3)OCO4)C(=S)N[C@@H](C)c3ccccc3)cc2c1. The van der Waals surface area contributed by atoms with Gasteiger partial charge in [-0.1, -0.05) is 48.0 Å². The van der Waals surface area contributed by atoms with Crippen LogP contribution in [0.4, 0.5) is 0 Å². The Kier molecular flexibility index (Phi) is 6.65. The summed E-state index contributed by atoms with van der Waals surface area (Å²) in [5, 5.41) is 5.04. The molecule has 0 aliphatic carbocycles. The van der Waals surface area contributed by atoms with Gasteiger partial charge in [0.1, 0.15) is 0 Å². The van der Waals surface area contributed by atoms with E-state index in [1.807, 2.05) is 54.3 Å². The number of aryl methyl sites for hydroxylation is 2. The Hall–Kier alpha value is -3.84. The molecule has 0 radical (unpaired) electrons. The minimum Gasteiger partial charge on any atom is -0.454 e. The molecule has 5 rings (SSSR count). The highest BCUT2D eigenvalue weighted by Gasteiger charge is 2.19. The molecule has 1 atom stereocenters. The zero-order valence-corrected chi connectivity index (χ0v) is 21.4. The molecule has 0 saturated carbocycles. The molecule has 1 aliphatic rings. The molecular weight excluding hydrogens is 470 g/mol. The van der Waals surface area contributed by atoms with Gasteiger partial charge in [0.25, 0.3) is 5.56 Å². The smallest absolute Gasteiger partial charge is 0.253 e. The molecular formula is C29H29N3O3S. The quantitative estimate of drug-likeness (QED) is 0.341. The van der Waals surface area contributed by atoms with E-state index in [2.05, 4.69) is 48.4 Å². The van der Waals surface area contributed by atoms with E-state index in [1.165, 1.54) is 0 Å². The van der Waals surface area contributed by atoms with Crippen LogP contribution in [0.25, 0.3) is 10.9 Å². The van der Waals surface area contributed by atoms with Gasteiger partial charge in [-0.15, -0.1) is 0 Å². The van der Waals surface area contributed by atoms with Gasteiger partial charge in [0.2, 0.25) is 6.79 Å². The lowest BCUT2D eigenvalue weighted by Crippen LogP contribution is -2.41. The van der Waals surface area contributed by atoms with E-state index in [9.17, 15) is 4.79 Å². The molecule has 1 aliphatic heterocycles. The van der Waals surface area contributed by atoms with Crippen molar-refractivity contribution in [2.75, 3.05) is 6.79 Å². The fourth-order valence-electron chi connectivity index (χ4n) is 4.62. The number of aromatic amines is 1. The summed E-state index contributed by atoms with van der Waals surface area (Å²) in [7, 11) is 0. The number of aromatic nitrogens is 1. The highest BCUT2D eigenvalue weighted by atomic mass is 32.1. The molecule has 184 valence electrons. The Morgan fingerprint density at radius 2 is 1.81 bits per heavy atom. The zero-order chi connectivity index (χ0) is 25.2. The van der Waals surface area contributed by atoms with Crippen LogP contribution < -0.4 is 20.3 Å². The number of H-pyrrole nitrogens is 1. The summed E-state index contributed by atoms with van der Waals surface area (Å²) in [5.74, 6) is 1.46. The second kappa shape index (κ2) is 10.0. The van der Waals surface area contributed by atoms with Crippen LogP contribution in [0.5, 0.6) is 11.5 Å². The third-order valence-electron chi connectivity index (χ3n) is 6.47. The highest BCUT2D eigenvalue weighted by Crippen LogP contribution is 2.33. The van der Waals surface area contributed by atoms with Gasteiger partial charge in [0.05, 0.1) is 18.1 Å². The number of hydrogen-bond acceptors (Lipinski definition) is 4. The maximum atomic E-state index is 13.1. The van der Waals surface area contributed by atoms with E-state index >= 15 is 0 Å². The van der Waals surface area contributed by atoms with Gasteiger partial charge in [0, 0.05) is 12.1 Å². The standard InChI is InChI=1S/C29H29N3O3S/c1-18-11-19(2)27-23(12-18)14-24(28(33)31-27)16-32(15-21-9-10-25-26(13-21)35-17-34-25)29(36)30-20(3)22-7-5-4-6-8-22/h4-14,20H,15-17H2,1-3H3,(H,30,36)(H,31,33)/t20-/m0/s1. The van der Waals surface area contributed by atoms with Crippen LogP contribution in [0.1, 0.15) is 40.8 Å². The fourth-order valence-corrected chi connectivity index (χ4v) is 4.92. The Morgan fingerprint density at radius 1 is 1.03 bits per heavy atom. The van der Waals surface area contributed by atoms with Crippen molar-refractivity contribution in [1.82, 2.24) is 15.2 Å². The predicted molar refractivity (Wildman–Crippen MR) is 146 cm³/mol. The summed E-state index contributed by atoms with van der Waals surface area (Å²) in [5.41, 5.74) is 5.78. The summed E-state index contributed by atoms with van der Waals surface area (Å²) in [6.07, 6.45) is 0. The Morgan fingerprint density at radius 3 is 2.61 bits per heavy atom. The summed E-state index contributed by atoms with van der Waals surface area (Å²) < 4.78 is 11.0. The van der Waals surface area contributed by atoms with E-state index in [4.69, 9.17) is 21.7 Å². The minimum absolute atomic E-state index is 0.0122. The molecule has 4 aromatic rings. The minimum atomic E-state index is -0.107. The largest absolute Gasteiger partial charge is 0.454 e. The van der Waals surface area contributed by atoms with Gasteiger partial charge < -0.3 is 24.7 Å². The third kappa shape index (κ3) is 5.06. The van der Waals surface area contributed by atoms with E-state index in [0.717, 1.165) is 44.7 Å². The molecule has 0 amide bonds. The predicted octanol–water partition coefficient (Wildman–Crippen LogP) is 5.51. The van der Waals surface area contributed by atoms with Gasteiger partial charge >= 0.3 is 0 Å². The van der Waals surface area contributed by atoms with Crippen LogP contribution >= 0.6 is 12.2 Å². The van der Waals surface area contributed by atoms with E-state index in [1.54, 1.807) is 0 Å². The first-order valence-corrected chi connectivity index (χ1v) is 12.4. The van der Waals surface area contributed by atoms with Crippen molar-refractivity contribution in [1.29, 1.82) is 0 Å². The molecule has 36 heavy (non-hydrogen) atoms. The number of rotatable bonds is 6. The van der Waals surface area contributed by atoms with Crippen molar-refractivity contribution >= 4 is 28.2 Å². The van der Waals surface area contributed by atoms with Crippen LogP contribution in [0, 0.1) is 13.8 Å². The van der Waals surface area contributed by atoms with Crippen LogP contribution in [0.3, 0.4) is 0 Å². The first-order chi connectivity index (χ1) is 17.4. The van der Waals surface area contributed by atoms with E-state index < -0.39 is 0 Å². The fraction of sp³-hybridized carbons (Fsp3) is 0.241. The Balaban J connectivity index is 1.46. The molecule has 1 aromatic heterocycles. The lowest BCUT2D eigenvalue weighted by Gasteiger charge is -2.28. The van der Waals surface area contributed by atoms with Crippen LogP contribution in [0.15, 0.2) is 71.5 Å². The van der Waals surface area contributed by atoms with Gasteiger partial charge in [-0.3, -0.25) is 4.79 Å². The van der Waals surface area contributed by atoms with E-state index in [0.29, 0.717) is 23.8 Å². The van der Waals surface area contributed by atoms with Gasteiger partial charge in [-0.25, -0.2) is 0 Å². The number of nitrogens with zero attached hydrogens (tertiary/aromatic N) is 1. The third-order valence-corrected chi connectivity index (χ3v) is 6.84. The summed E-state index contributed by atoms with van der Waals surface area (Å²) >= 11 is 5.88. The van der Waals surface area contributed by atoms with Crippen molar-refractivity contribution in [2.45, 2.75) is 39.9 Å². The average molecular weight is 500 g/mol. The van der Waals surface area contributed by atoms with Crippen molar-refractivity contribution in [3.63, 3.8) is 0 Å². The number of nitrogens with one attached hydrogen (secondary N) is 2. The van der Waals surface area contributed by atoms with Gasteiger partial charge in [0.15, 0.2) is 16.6 Å². The van der Waals surface area contributed by atoms with Crippen LogP contribution in [-0.4, -0.2) is 21.8 Å². The molecule has 0 saturated heterocycles. The van der Waals surface area contributed by atoms with Gasteiger partial charge in [-0.2, -0.15) is 0 Å². The van der Waals surface area contributed by atoms with E-state index in [-0.39, 0.29) is 18.4 Å². The molecule has 0 bridgehead atoms. The van der Waals surface area contributed by atoms with Crippen molar-refractivity contribution in [3.05, 3.63) is 105 Å². The number of hydrogen-bond donors (Lipinski definition) is 2. The molecule has 2 N–H and O–H groups in total. The Bertz CT molecular complexity index is 1480. The van der Waals surface area contributed by atoms with Gasteiger partial charge in [-0.05, 0) is 79.3 Å². The topological polar surface area (TPSA) is 66.6 Å². The molecule has 0 fully saturated rings. The van der Waals surface area contributed by atoms with Crippen LogP contribution in [0.2, 0.25) is 0 Å². The molecule has 2 heterocycles. The molecule has 3 aromatic carbocycles. The maximum Gasteiger partial charge on any atom is 0.253 e. The zero-order valence-electron chi connectivity index (χ0n) is 20.6. The number of ether oxygens (including phenoxy) is 2. The normalized spacial score (nSPS) is 13.0. The van der Waals surface area contributed by atoms with Crippen molar-refractivity contribution < 1.29 is 9.47 Å². The highest BCUT2D eigenvalue weighted by molar-refractivity contribution is 7.80.